The zero-order valence-electron chi connectivity index (χ0n) is 13.0. The molecule has 0 aromatic heterocycles. The zero-order valence-corrected chi connectivity index (χ0v) is 13.0. The van der Waals surface area contributed by atoms with Gasteiger partial charge in [-0.15, -0.1) is 6.58 Å². The first-order valence-corrected chi connectivity index (χ1v) is 7.41. The van der Waals surface area contributed by atoms with Crippen molar-refractivity contribution in [3.05, 3.63) is 35.9 Å². The van der Waals surface area contributed by atoms with Gasteiger partial charge in [-0.25, -0.2) is 0 Å². The van der Waals surface area contributed by atoms with Crippen molar-refractivity contribution in [2.45, 2.75) is 40.2 Å². The first kappa shape index (κ1) is 16.6. The van der Waals surface area contributed by atoms with Crippen LogP contribution in [0.5, 0.6) is 11.5 Å². The van der Waals surface area contributed by atoms with Gasteiger partial charge in [-0.1, -0.05) is 25.5 Å². The van der Waals surface area contributed by atoms with E-state index in [0.29, 0.717) is 6.61 Å². The van der Waals surface area contributed by atoms with E-state index >= 15 is 0 Å². The van der Waals surface area contributed by atoms with Crippen molar-refractivity contribution in [1.29, 1.82) is 0 Å². The lowest BCUT2D eigenvalue weighted by Gasteiger charge is -2.14. The van der Waals surface area contributed by atoms with Crippen LogP contribution in [0, 0.1) is 0 Å². The zero-order chi connectivity index (χ0) is 14.8. The molecule has 0 aliphatic rings. The Morgan fingerprint density at radius 1 is 1.20 bits per heavy atom. The SMILES string of the molecule is C=C(C)CCOc1cc(OCCC)ccc1CNCC. The van der Waals surface area contributed by atoms with Gasteiger partial charge in [0.05, 0.1) is 13.2 Å². The highest BCUT2D eigenvalue weighted by molar-refractivity contribution is 5.40. The Hall–Kier alpha value is -1.48. The number of benzene rings is 1. The van der Waals surface area contributed by atoms with Gasteiger partial charge in [0.15, 0.2) is 0 Å². The second kappa shape index (κ2) is 9.43. The molecule has 0 amide bonds. The molecule has 3 heteroatoms. The first-order valence-electron chi connectivity index (χ1n) is 7.41. The van der Waals surface area contributed by atoms with Gasteiger partial charge in [-0.3, -0.25) is 0 Å². The van der Waals surface area contributed by atoms with E-state index in [1.165, 1.54) is 0 Å². The lowest BCUT2D eigenvalue weighted by molar-refractivity contribution is 0.301. The van der Waals surface area contributed by atoms with Crippen molar-refractivity contribution in [3.63, 3.8) is 0 Å². The van der Waals surface area contributed by atoms with Crippen LogP contribution in [0.2, 0.25) is 0 Å². The van der Waals surface area contributed by atoms with Crippen LogP contribution in [0.15, 0.2) is 30.4 Å². The first-order chi connectivity index (χ1) is 9.67. The molecule has 1 aromatic carbocycles. The monoisotopic (exact) mass is 277 g/mol. The molecule has 1 aromatic rings. The van der Waals surface area contributed by atoms with E-state index < -0.39 is 0 Å². The van der Waals surface area contributed by atoms with E-state index in [9.17, 15) is 0 Å². The summed E-state index contributed by atoms with van der Waals surface area (Å²) in [5.41, 5.74) is 2.30. The van der Waals surface area contributed by atoms with Gasteiger partial charge in [-0.2, -0.15) is 0 Å². The predicted octanol–water partition coefficient (Wildman–Crippen LogP) is 3.93. The fraction of sp³-hybridized carbons (Fsp3) is 0.529. The summed E-state index contributed by atoms with van der Waals surface area (Å²) in [6, 6.07) is 6.07. The number of ether oxygens (including phenoxy) is 2. The summed E-state index contributed by atoms with van der Waals surface area (Å²) >= 11 is 0. The number of nitrogens with one attached hydrogen (secondary N) is 1. The van der Waals surface area contributed by atoms with Crippen LogP contribution >= 0.6 is 0 Å². The molecule has 0 saturated carbocycles. The van der Waals surface area contributed by atoms with E-state index in [0.717, 1.165) is 55.2 Å². The maximum atomic E-state index is 5.88. The van der Waals surface area contributed by atoms with Gasteiger partial charge in [0.1, 0.15) is 11.5 Å². The molecule has 0 fully saturated rings. The van der Waals surface area contributed by atoms with Crippen LogP contribution in [0.25, 0.3) is 0 Å². The highest BCUT2D eigenvalue weighted by atomic mass is 16.5. The molecular formula is C17H27NO2. The van der Waals surface area contributed by atoms with E-state index in [1.807, 2.05) is 19.1 Å². The number of hydrogen-bond donors (Lipinski definition) is 1. The molecular weight excluding hydrogens is 250 g/mol. The summed E-state index contributed by atoms with van der Waals surface area (Å²) in [7, 11) is 0. The Bertz CT molecular complexity index is 415. The molecule has 0 saturated heterocycles. The maximum Gasteiger partial charge on any atom is 0.127 e. The topological polar surface area (TPSA) is 30.5 Å². The van der Waals surface area contributed by atoms with Crippen molar-refractivity contribution in [3.8, 4) is 11.5 Å². The lowest BCUT2D eigenvalue weighted by Crippen LogP contribution is -2.13. The fourth-order valence-corrected chi connectivity index (χ4v) is 1.72. The highest BCUT2D eigenvalue weighted by Crippen LogP contribution is 2.25. The molecule has 0 unspecified atom stereocenters. The third-order valence-corrected chi connectivity index (χ3v) is 2.86. The van der Waals surface area contributed by atoms with Gasteiger partial charge in [0.25, 0.3) is 0 Å². The van der Waals surface area contributed by atoms with Gasteiger partial charge in [0.2, 0.25) is 0 Å². The Morgan fingerprint density at radius 3 is 2.65 bits per heavy atom. The Balaban J connectivity index is 2.73. The normalized spacial score (nSPS) is 10.3. The summed E-state index contributed by atoms with van der Waals surface area (Å²) in [6.45, 7) is 13.3. The molecule has 0 spiro atoms. The summed E-state index contributed by atoms with van der Waals surface area (Å²) in [5.74, 6) is 1.78. The van der Waals surface area contributed by atoms with Crippen molar-refractivity contribution >= 4 is 0 Å². The Kier molecular flexibility index (Phi) is 7.81. The minimum absolute atomic E-state index is 0.658. The van der Waals surface area contributed by atoms with Gasteiger partial charge >= 0.3 is 0 Å². The van der Waals surface area contributed by atoms with Gasteiger partial charge in [0, 0.05) is 24.6 Å². The molecule has 1 N–H and O–H groups in total. The Labute approximate surface area is 123 Å². The molecule has 0 bridgehead atoms. The van der Waals surface area contributed by atoms with E-state index in [1.54, 1.807) is 0 Å². The molecule has 0 radical (unpaired) electrons. The van der Waals surface area contributed by atoms with Crippen LogP contribution < -0.4 is 14.8 Å². The largest absolute Gasteiger partial charge is 0.493 e. The summed E-state index contributed by atoms with van der Waals surface area (Å²) in [5, 5.41) is 3.33. The average Bonchev–Trinajstić information content (AvgIpc) is 2.43. The number of hydrogen-bond acceptors (Lipinski definition) is 3. The summed E-state index contributed by atoms with van der Waals surface area (Å²) in [4.78, 5) is 0. The Morgan fingerprint density at radius 2 is 2.00 bits per heavy atom. The third kappa shape index (κ3) is 6.11. The second-order valence-electron chi connectivity index (χ2n) is 4.95. The molecule has 0 aliphatic heterocycles. The van der Waals surface area contributed by atoms with E-state index in [-0.39, 0.29) is 0 Å². The van der Waals surface area contributed by atoms with Crippen LogP contribution in [-0.4, -0.2) is 19.8 Å². The van der Waals surface area contributed by atoms with Crippen LogP contribution in [0.3, 0.4) is 0 Å². The standard InChI is InChI=1S/C17H27NO2/c1-5-10-19-16-8-7-15(13-18-6-2)17(12-16)20-11-9-14(3)4/h7-8,12,18H,3,5-6,9-11,13H2,1-2,4H3. The fourth-order valence-electron chi connectivity index (χ4n) is 1.72. The van der Waals surface area contributed by atoms with Crippen LogP contribution in [0.1, 0.15) is 39.2 Å². The van der Waals surface area contributed by atoms with Crippen molar-refractivity contribution in [2.24, 2.45) is 0 Å². The molecule has 112 valence electrons. The average molecular weight is 277 g/mol. The lowest BCUT2D eigenvalue weighted by atomic mass is 10.2. The molecule has 20 heavy (non-hydrogen) atoms. The summed E-state index contributed by atoms with van der Waals surface area (Å²) < 4.78 is 11.5. The number of rotatable bonds is 10. The quantitative estimate of drug-likeness (QED) is 0.657. The molecule has 0 aliphatic carbocycles. The smallest absolute Gasteiger partial charge is 0.127 e. The van der Waals surface area contributed by atoms with E-state index in [2.05, 4.69) is 31.8 Å². The molecule has 1 rings (SSSR count). The van der Waals surface area contributed by atoms with Crippen molar-refractivity contribution in [1.82, 2.24) is 5.32 Å². The summed E-state index contributed by atoms with van der Waals surface area (Å²) in [6.07, 6.45) is 1.88. The van der Waals surface area contributed by atoms with Crippen molar-refractivity contribution in [2.75, 3.05) is 19.8 Å². The van der Waals surface area contributed by atoms with Crippen LogP contribution in [0.4, 0.5) is 0 Å². The maximum absolute atomic E-state index is 5.88. The predicted molar refractivity (Wildman–Crippen MR) is 84.5 cm³/mol. The minimum Gasteiger partial charge on any atom is -0.493 e. The van der Waals surface area contributed by atoms with Gasteiger partial charge < -0.3 is 14.8 Å². The van der Waals surface area contributed by atoms with E-state index in [4.69, 9.17) is 9.47 Å². The minimum atomic E-state index is 0.658. The second-order valence-corrected chi connectivity index (χ2v) is 4.95. The molecule has 0 atom stereocenters. The third-order valence-electron chi connectivity index (χ3n) is 2.86. The van der Waals surface area contributed by atoms with Gasteiger partial charge in [-0.05, 0) is 26.0 Å². The molecule has 0 heterocycles. The van der Waals surface area contributed by atoms with Crippen LogP contribution in [-0.2, 0) is 6.54 Å². The highest BCUT2D eigenvalue weighted by Gasteiger charge is 2.06. The molecule has 3 nitrogen and oxygen atoms in total. The van der Waals surface area contributed by atoms with Crippen molar-refractivity contribution < 1.29 is 9.47 Å².